The molecule has 0 fully saturated rings. The molecule has 1 atom stereocenters. The van der Waals surface area contributed by atoms with Crippen LogP contribution in [0, 0.1) is 11.8 Å². The summed E-state index contributed by atoms with van der Waals surface area (Å²) >= 11 is 0. The summed E-state index contributed by atoms with van der Waals surface area (Å²) in [7, 11) is 0. The maximum atomic E-state index is 12.0. The first-order valence-corrected chi connectivity index (χ1v) is 3.39. The van der Waals surface area contributed by atoms with E-state index in [0.29, 0.717) is 12.3 Å². The van der Waals surface area contributed by atoms with E-state index in [-0.39, 0.29) is 19.2 Å². The summed E-state index contributed by atoms with van der Waals surface area (Å²) in [5, 5.41) is 8.45. The zero-order valence-electron chi connectivity index (χ0n) is 6.10. The summed E-state index contributed by atoms with van der Waals surface area (Å²) in [6.45, 7) is 3.74. The highest BCUT2D eigenvalue weighted by Gasteiger charge is 2.11. The van der Waals surface area contributed by atoms with Gasteiger partial charge in [0.2, 0.25) is 0 Å². The third-order valence-electron chi connectivity index (χ3n) is 1.64. The van der Waals surface area contributed by atoms with E-state index in [1.165, 1.54) is 0 Å². The van der Waals surface area contributed by atoms with Gasteiger partial charge in [0.25, 0.3) is 0 Å². The number of hydrogen-bond donors (Lipinski definition) is 1. The fraction of sp³-hybridized carbons (Fsp3) is 1.00. The standard InChI is InChI=1S/C7H15FO/c1-6(2)7(5-8)3-4-9/h6-7,9H,3-5H2,1-2H3. The summed E-state index contributed by atoms with van der Waals surface area (Å²) in [5.41, 5.74) is 0. The minimum atomic E-state index is -0.307. The zero-order valence-corrected chi connectivity index (χ0v) is 6.10. The molecule has 0 heterocycles. The molecule has 1 unspecified atom stereocenters. The molecule has 0 amide bonds. The highest BCUT2D eigenvalue weighted by molar-refractivity contribution is 4.60. The molecule has 56 valence electrons. The van der Waals surface area contributed by atoms with Gasteiger partial charge in [-0.15, -0.1) is 0 Å². The van der Waals surface area contributed by atoms with Crippen molar-refractivity contribution in [2.75, 3.05) is 13.3 Å². The number of halogens is 1. The molecule has 0 radical (unpaired) electrons. The van der Waals surface area contributed by atoms with Crippen molar-refractivity contribution >= 4 is 0 Å². The molecule has 2 heteroatoms. The van der Waals surface area contributed by atoms with Crippen molar-refractivity contribution in [1.29, 1.82) is 0 Å². The Bertz CT molecular complexity index is 63.9. The van der Waals surface area contributed by atoms with E-state index in [0.717, 1.165) is 0 Å². The van der Waals surface area contributed by atoms with Crippen LogP contribution in [0.1, 0.15) is 20.3 Å². The molecule has 0 bridgehead atoms. The highest BCUT2D eigenvalue weighted by atomic mass is 19.1. The van der Waals surface area contributed by atoms with Crippen LogP contribution in [-0.4, -0.2) is 18.4 Å². The topological polar surface area (TPSA) is 20.2 Å². The van der Waals surface area contributed by atoms with Crippen molar-refractivity contribution in [2.45, 2.75) is 20.3 Å². The van der Waals surface area contributed by atoms with Gasteiger partial charge in [-0.2, -0.15) is 0 Å². The van der Waals surface area contributed by atoms with E-state index < -0.39 is 0 Å². The smallest absolute Gasteiger partial charge is 0.0925 e. The molecule has 0 saturated heterocycles. The van der Waals surface area contributed by atoms with Crippen LogP contribution in [-0.2, 0) is 0 Å². The molecular formula is C7H15FO. The summed E-state index contributed by atoms with van der Waals surface area (Å²) < 4.78 is 12.0. The third-order valence-corrected chi connectivity index (χ3v) is 1.64. The summed E-state index contributed by atoms with van der Waals surface area (Å²) in [4.78, 5) is 0. The Hall–Kier alpha value is -0.110. The van der Waals surface area contributed by atoms with Gasteiger partial charge in [-0.05, 0) is 18.3 Å². The lowest BCUT2D eigenvalue weighted by molar-refractivity contribution is 0.203. The average Bonchev–Trinajstić information content (AvgIpc) is 1.82. The first-order valence-electron chi connectivity index (χ1n) is 3.39. The quantitative estimate of drug-likeness (QED) is 0.619. The fourth-order valence-corrected chi connectivity index (χ4v) is 0.754. The van der Waals surface area contributed by atoms with Crippen LogP contribution < -0.4 is 0 Å². The first kappa shape index (κ1) is 8.89. The molecule has 0 rings (SSSR count). The Kier molecular flexibility index (Phi) is 4.68. The molecule has 0 aromatic rings. The monoisotopic (exact) mass is 134 g/mol. The second kappa shape index (κ2) is 4.74. The number of rotatable bonds is 4. The predicted octanol–water partition coefficient (Wildman–Crippen LogP) is 1.61. The van der Waals surface area contributed by atoms with Crippen LogP contribution in [0.25, 0.3) is 0 Å². The van der Waals surface area contributed by atoms with E-state index in [1.807, 2.05) is 13.8 Å². The van der Waals surface area contributed by atoms with Crippen LogP contribution in [0.3, 0.4) is 0 Å². The second-order valence-electron chi connectivity index (χ2n) is 2.67. The van der Waals surface area contributed by atoms with Crippen molar-refractivity contribution in [1.82, 2.24) is 0 Å². The Labute approximate surface area is 55.9 Å². The molecule has 0 aliphatic carbocycles. The van der Waals surface area contributed by atoms with E-state index in [1.54, 1.807) is 0 Å². The Morgan fingerprint density at radius 3 is 2.11 bits per heavy atom. The van der Waals surface area contributed by atoms with Gasteiger partial charge in [0, 0.05) is 6.61 Å². The second-order valence-corrected chi connectivity index (χ2v) is 2.67. The molecule has 9 heavy (non-hydrogen) atoms. The average molecular weight is 134 g/mol. The van der Waals surface area contributed by atoms with Crippen LogP contribution in [0.2, 0.25) is 0 Å². The number of aliphatic hydroxyl groups is 1. The van der Waals surface area contributed by atoms with Gasteiger partial charge in [-0.25, -0.2) is 0 Å². The van der Waals surface area contributed by atoms with Gasteiger partial charge >= 0.3 is 0 Å². The number of alkyl halides is 1. The van der Waals surface area contributed by atoms with Crippen molar-refractivity contribution in [2.24, 2.45) is 11.8 Å². The Balaban J connectivity index is 3.41. The molecule has 1 nitrogen and oxygen atoms in total. The third kappa shape index (κ3) is 3.46. The van der Waals surface area contributed by atoms with Crippen molar-refractivity contribution in [3.63, 3.8) is 0 Å². The first-order chi connectivity index (χ1) is 4.22. The van der Waals surface area contributed by atoms with E-state index in [4.69, 9.17) is 5.11 Å². The van der Waals surface area contributed by atoms with Crippen molar-refractivity contribution in [3.05, 3.63) is 0 Å². The Morgan fingerprint density at radius 2 is 2.00 bits per heavy atom. The van der Waals surface area contributed by atoms with E-state index in [2.05, 4.69) is 0 Å². The lowest BCUT2D eigenvalue weighted by Gasteiger charge is -2.14. The number of hydrogen-bond acceptors (Lipinski definition) is 1. The molecule has 0 aliphatic heterocycles. The predicted molar refractivity (Wildman–Crippen MR) is 36.0 cm³/mol. The SMILES string of the molecule is CC(C)C(CF)CCO. The highest BCUT2D eigenvalue weighted by Crippen LogP contribution is 2.14. The van der Waals surface area contributed by atoms with Gasteiger partial charge in [0.05, 0.1) is 6.67 Å². The van der Waals surface area contributed by atoms with Crippen molar-refractivity contribution < 1.29 is 9.50 Å². The molecule has 0 aromatic heterocycles. The lowest BCUT2D eigenvalue weighted by Crippen LogP contribution is -2.12. The van der Waals surface area contributed by atoms with Gasteiger partial charge in [0.15, 0.2) is 0 Å². The molecule has 0 spiro atoms. The normalized spacial score (nSPS) is 14.3. The van der Waals surface area contributed by atoms with Crippen LogP contribution in [0.15, 0.2) is 0 Å². The minimum absolute atomic E-state index is 0.0509. The molecule has 0 saturated carbocycles. The van der Waals surface area contributed by atoms with Gasteiger partial charge in [0.1, 0.15) is 0 Å². The van der Waals surface area contributed by atoms with Gasteiger partial charge < -0.3 is 5.11 Å². The maximum absolute atomic E-state index is 12.0. The fourth-order valence-electron chi connectivity index (χ4n) is 0.754. The Morgan fingerprint density at radius 1 is 1.44 bits per heavy atom. The van der Waals surface area contributed by atoms with E-state index >= 15 is 0 Å². The van der Waals surface area contributed by atoms with Crippen molar-refractivity contribution in [3.8, 4) is 0 Å². The number of aliphatic hydroxyl groups excluding tert-OH is 1. The lowest BCUT2D eigenvalue weighted by atomic mass is 9.94. The zero-order chi connectivity index (χ0) is 7.28. The van der Waals surface area contributed by atoms with Crippen LogP contribution >= 0.6 is 0 Å². The minimum Gasteiger partial charge on any atom is -0.396 e. The summed E-state index contributed by atoms with van der Waals surface area (Å²) in [6, 6.07) is 0. The maximum Gasteiger partial charge on any atom is 0.0925 e. The van der Waals surface area contributed by atoms with Gasteiger partial charge in [-0.1, -0.05) is 13.8 Å². The molecule has 1 N–H and O–H groups in total. The molecule has 0 aromatic carbocycles. The van der Waals surface area contributed by atoms with Gasteiger partial charge in [-0.3, -0.25) is 4.39 Å². The largest absolute Gasteiger partial charge is 0.396 e. The van der Waals surface area contributed by atoms with Crippen LogP contribution in [0.5, 0.6) is 0 Å². The molecule has 0 aliphatic rings. The van der Waals surface area contributed by atoms with E-state index in [9.17, 15) is 4.39 Å². The molecular weight excluding hydrogens is 119 g/mol. The van der Waals surface area contributed by atoms with Crippen LogP contribution in [0.4, 0.5) is 4.39 Å². The summed E-state index contributed by atoms with van der Waals surface area (Å²) in [5.74, 6) is 0.400. The summed E-state index contributed by atoms with van der Waals surface area (Å²) in [6.07, 6.45) is 0.591.